The third kappa shape index (κ3) is 3.99. The molecule has 0 saturated carbocycles. The average Bonchev–Trinajstić information content (AvgIpc) is 3.79. The lowest BCUT2D eigenvalue weighted by Gasteiger charge is -2.33. The zero-order chi connectivity index (χ0) is 30.9. The van der Waals surface area contributed by atoms with Crippen molar-refractivity contribution in [2.45, 2.75) is 0 Å². The molecule has 7 aromatic carbocycles. The zero-order valence-corrected chi connectivity index (χ0v) is 26.3. The first-order valence-corrected chi connectivity index (χ1v) is 17.1. The SMILES string of the molecule is c1ccc(N2c3ccc(-c4ccc5oc6ccccc6c5c4)cc3N(c3ccccc3)P2n2c3ccccc3c3ccccc32)cc1. The van der Waals surface area contributed by atoms with Gasteiger partial charge in [-0.15, -0.1) is 0 Å². The van der Waals surface area contributed by atoms with Gasteiger partial charge in [0.05, 0.1) is 22.4 Å². The molecular weight excluding hydrogens is 593 g/mol. The fourth-order valence-electron chi connectivity index (χ4n) is 7.14. The van der Waals surface area contributed by atoms with Crippen LogP contribution in [0.3, 0.4) is 0 Å². The fourth-order valence-corrected chi connectivity index (χ4v) is 9.80. The largest absolute Gasteiger partial charge is 0.456 e. The van der Waals surface area contributed by atoms with E-state index < -0.39 is 8.37 Å². The van der Waals surface area contributed by atoms with Gasteiger partial charge in [0.15, 0.2) is 0 Å². The monoisotopic (exact) mass is 621 g/mol. The zero-order valence-electron chi connectivity index (χ0n) is 25.4. The van der Waals surface area contributed by atoms with E-state index in [0.29, 0.717) is 0 Å². The van der Waals surface area contributed by atoms with E-state index >= 15 is 0 Å². The fraction of sp³-hybridized carbons (Fsp3) is 0. The van der Waals surface area contributed by atoms with Crippen LogP contribution >= 0.6 is 8.37 Å². The van der Waals surface area contributed by atoms with Crippen LogP contribution in [0.4, 0.5) is 22.7 Å². The predicted octanol–water partition coefficient (Wildman–Crippen LogP) is 12.4. The van der Waals surface area contributed by atoms with Gasteiger partial charge in [0.25, 0.3) is 0 Å². The van der Waals surface area contributed by atoms with Crippen molar-refractivity contribution >= 4 is 74.9 Å². The Labute approximate surface area is 273 Å². The molecule has 1 aliphatic rings. The first-order chi connectivity index (χ1) is 23.3. The summed E-state index contributed by atoms with van der Waals surface area (Å²) in [5.74, 6) is 0. The number of fused-ring (bicyclic) bond motifs is 7. The van der Waals surface area contributed by atoms with Crippen LogP contribution in [-0.4, -0.2) is 4.34 Å². The van der Waals surface area contributed by atoms with Crippen LogP contribution in [0.5, 0.6) is 0 Å². The van der Waals surface area contributed by atoms with Crippen molar-refractivity contribution in [3.63, 3.8) is 0 Å². The first-order valence-electron chi connectivity index (χ1n) is 15.9. The number of furan rings is 1. The minimum atomic E-state index is -1.17. The van der Waals surface area contributed by atoms with Crippen LogP contribution in [0, 0.1) is 0 Å². The summed E-state index contributed by atoms with van der Waals surface area (Å²) in [6, 6.07) is 61.1. The van der Waals surface area contributed by atoms with E-state index in [2.05, 4.69) is 171 Å². The minimum absolute atomic E-state index is 0.909. The Morgan fingerprint density at radius 3 is 1.57 bits per heavy atom. The molecule has 0 amide bonds. The number of benzene rings is 7. The molecule has 4 nitrogen and oxygen atoms in total. The van der Waals surface area contributed by atoms with Crippen LogP contribution < -0.4 is 9.34 Å². The normalized spacial score (nSPS) is 14.5. The number of hydrogen-bond acceptors (Lipinski definition) is 3. The first kappa shape index (κ1) is 26.4. The van der Waals surface area contributed by atoms with Gasteiger partial charge in [0, 0.05) is 32.9 Å². The van der Waals surface area contributed by atoms with Gasteiger partial charge in [-0.1, -0.05) is 103 Å². The lowest BCUT2D eigenvalue weighted by atomic mass is 10.0. The Hall–Kier alpha value is -5.83. The highest BCUT2D eigenvalue weighted by Crippen LogP contribution is 2.67. The molecule has 222 valence electrons. The van der Waals surface area contributed by atoms with E-state index in [9.17, 15) is 0 Å². The maximum Gasteiger partial charge on any atom is 0.223 e. The van der Waals surface area contributed by atoms with Gasteiger partial charge < -0.3 is 4.42 Å². The molecule has 0 radical (unpaired) electrons. The number of anilines is 4. The third-order valence-electron chi connectivity index (χ3n) is 9.23. The predicted molar refractivity (Wildman–Crippen MR) is 198 cm³/mol. The Morgan fingerprint density at radius 2 is 0.894 bits per heavy atom. The van der Waals surface area contributed by atoms with Gasteiger partial charge >= 0.3 is 0 Å². The molecule has 1 atom stereocenters. The molecule has 0 N–H and O–H groups in total. The molecule has 0 aliphatic carbocycles. The quantitative estimate of drug-likeness (QED) is 0.183. The molecule has 1 aliphatic heterocycles. The second-order valence-corrected chi connectivity index (χ2v) is 13.7. The molecule has 0 fully saturated rings. The maximum atomic E-state index is 6.17. The van der Waals surface area contributed by atoms with E-state index in [4.69, 9.17) is 4.42 Å². The van der Waals surface area contributed by atoms with Gasteiger partial charge in [-0.05, 0) is 77.9 Å². The summed E-state index contributed by atoms with van der Waals surface area (Å²) in [5.41, 5.74) is 11.3. The van der Waals surface area contributed by atoms with E-state index in [1.165, 1.54) is 50.0 Å². The Kier molecular flexibility index (Phi) is 5.81. The highest BCUT2D eigenvalue weighted by atomic mass is 31.2. The standard InChI is InChI=1S/C42H28N3OP/c1-3-13-31(14-4-1)43-39-25-23-30(29-24-26-42-36(27-29)35-19-9-12-22-41(35)46-42)28-40(39)44(32-15-5-2-6-16-32)47(43)45-37-20-10-7-17-33(37)34-18-8-11-21-38(34)45/h1-28H. The topological polar surface area (TPSA) is 24.6 Å². The number of rotatable bonds is 4. The lowest BCUT2D eigenvalue weighted by molar-refractivity contribution is 0.669. The second-order valence-electron chi connectivity index (χ2n) is 11.9. The van der Waals surface area contributed by atoms with Crippen molar-refractivity contribution < 1.29 is 4.42 Å². The van der Waals surface area contributed by atoms with Crippen LogP contribution in [0.25, 0.3) is 54.9 Å². The van der Waals surface area contributed by atoms with Crippen LogP contribution in [0.2, 0.25) is 0 Å². The smallest absolute Gasteiger partial charge is 0.223 e. The molecule has 0 saturated heterocycles. The molecule has 5 heteroatoms. The summed E-state index contributed by atoms with van der Waals surface area (Å²) in [6.45, 7) is 0. The molecule has 2 aromatic heterocycles. The van der Waals surface area contributed by atoms with Crippen LogP contribution in [0.15, 0.2) is 174 Å². The van der Waals surface area contributed by atoms with Gasteiger partial charge in [-0.3, -0.25) is 13.7 Å². The van der Waals surface area contributed by atoms with Crippen LogP contribution in [0.1, 0.15) is 0 Å². The summed E-state index contributed by atoms with van der Waals surface area (Å²) >= 11 is 0. The molecule has 3 heterocycles. The van der Waals surface area contributed by atoms with Crippen LogP contribution in [-0.2, 0) is 0 Å². The number of nitrogens with zero attached hydrogens (tertiary/aromatic N) is 3. The van der Waals surface area contributed by atoms with Gasteiger partial charge in [-0.25, -0.2) is 0 Å². The molecule has 0 bridgehead atoms. The minimum Gasteiger partial charge on any atom is -0.456 e. The summed E-state index contributed by atoms with van der Waals surface area (Å²) in [5, 5.41) is 4.81. The van der Waals surface area contributed by atoms with Gasteiger partial charge in [-0.2, -0.15) is 0 Å². The van der Waals surface area contributed by atoms with Gasteiger partial charge in [0.2, 0.25) is 8.37 Å². The average molecular weight is 622 g/mol. The molecular formula is C42H28N3OP. The van der Waals surface area contributed by atoms with E-state index in [1.807, 2.05) is 12.1 Å². The molecule has 0 spiro atoms. The third-order valence-corrected chi connectivity index (χ3v) is 11.6. The maximum absolute atomic E-state index is 6.17. The summed E-state index contributed by atoms with van der Waals surface area (Å²) in [6.07, 6.45) is 0. The van der Waals surface area contributed by atoms with E-state index in [0.717, 1.165) is 27.6 Å². The van der Waals surface area contributed by atoms with E-state index in [1.54, 1.807) is 0 Å². The van der Waals surface area contributed by atoms with Crippen molar-refractivity contribution in [3.05, 3.63) is 170 Å². The number of para-hydroxylation sites is 5. The Balaban J connectivity index is 1.25. The lowest BCUT2D eigenvalue weighted by Crippen LogP contribution is -2.18. The number of hydrogen-bond donors (Lipinski definition) is 0. The summed E-state index contributed by atoms with van der Waals surface area (Å²) < 4.78 is 13.8. The van der Waals surface area contributed by atoms with E-state index in [-0.39, 0.29) is 0 Å². The Morgan fingerprint density at radius 1 is 0.383 bits per heavy atom. The molecule has 10 rings (SSSR count). The highest BCUT2D eigenvalue weighted by molar-refractivity contribution is 7.61. The number of aromatic nitrogens is 1. The molecule has 47 heavy (non-hydrogen) atoms. The summed E-state index contributed by atoms with van der Waals surface area (Å²) in [4.78, 5) is 0. The summed E-state index contributed by atoms with van der Waals surface area (Å²) in [7, 11) is -1.17. The molecule has 9 aromatic rings. The highest BCUT2D eigenvalue weighted by Gasteiger charge is 2.42. The second kappa shape index (κ2) is 10.3. The van der Waals surface area contributed by atoms with Gasteiger partial charge in [0.1, 0.15) is 11.2 Å². The van der Waals surface area contributed by atoms with Crippen molar-refractivity contribution in [1.29, 1.82) is 0 Å². The van der Waals surface area contributed by atoms with Crippen molar-refractivity contribution in [2.75, 3.05) is 9.34 Å². The van der Waals surface area contributed by atoms with Crippen molar-refractivity contribution in [2.24, 2.45) is 0 Å². The van der Waals surface area contributed by atoms with Crippen molar-refractivity contribution in [3.8, 4) is 11.1 Å². The Bertz CT molecular complexity index is 2550. The molecule has 1 unspecified atom stereocenters. The van der Waals surface area contributed by atoms with Crippen molar-refractivity contribution in [1.82, 2.24) is 4.34 Å².